The molecule has 8 aromatic carbocycles. The summed E-state index contributed by atoms with van der Waals surface area (Å²) in [5, 5.41) is 7.40. The summed E-state index contributed by atoms with van der Waals surface area (Å²) in [6.07, 6.45) is 0. The first-order chi connectivity index (χ1) is 21.3. The lowest BCUT2D eigenvalue weighted by Crippen LogP contribution is -1.98. The summed E-state index contributed by atoms with van der Waals surface area (Å²) in [6.45, 7) is 0. The van der Waals surface area contributed by atoms with Gasteiger partial charge in [-0.15, -0.1) is 0 Å². The van der Waals surface area contributed by atoms with Crippen molar-refractivity contribution in [2.45, 2.75) is 0 Å². The zero-order chi connectivity index (χ0) is 28.3. The van der Waals surface area contributed by atoms with Crippen LogP contribution in [0.4, 0.5) is 0 Å². The molecule has 0 radical (unpaired) electrons. The van der Waals surface area contributed by atoms with Crippen molar-refractivity contribution >= 4 is 32.3 Å². The smallest absolute Gasteiger partial charge is 0.135 e. The van der Waals surface area contributed by atoms with Crippen LogP contribution in [0.25, 0.3) is 76.8 Å². The molecule has 0 aliphatic carbocycles. The first-order valence-corrected chi connectivity index (χ1v) is 14.8. The molecule has 0 saturated heterocycles. The third-order valence-electron chi connectivity index (χ3n) is 8.85. The van der Waals surface area contributed by atoms with Crippen molar-refractivity contribution in [2.24, 2.45) is 0 Å². The molecule has 1 aliphatic rings. The zero-order valence-electron chi connectivity index (χ0n) is 23.4. The highest BCUT2D eigenvalue weighted by molar-refractivity contribution is 6.11. The third kappa shape index (κ3) is 3.86. The van der Waals surface area contributed by atoms with Gasteiger partial charge >= 0.3 is 0 Å². The SMILES string of the molecule is c1ccc(-c2ccc3c(c2)Oc2cccc4c(-c5ccc6cc(-c7cccc8ccccc78)ccc6c5)ccc-3c24)cc1. The molecule has 43 heavy (non-hydrogen) atoms. The maximum Gasteiger partial charge on any atom is 0.135 e. The topological polar surface area (TPSA) is 9.23 Å². The van der Waals surface area contributed by atoms with Gasteiger partial charge in [0.1, 0.15) is 11.5 Å². The van der Waals surface area contributed by atoms with Crippen LogP contribution in [0.1, 0.15) is 0 Å². The lowest BCUT2D eigenvalue weighted by atomic mass is 9.88. The summed E-state index contributed by atoms with van der Waals surface area (Å²) in [5.74, 6) is 1.81. The van der Waals surface area contributed by atoms with Crippen LogP contribution in [0.5, 0.6) is 11.5 Å². The Labute approximate surface area is 250 Å². The second-order valence-corrected chi connectivity index (χ2v) is 11.3. The van der Waals surface area contributed by atoms with Crippen LogP contribution in [0.2, 0.25) is 0 Å². The lowest BCUT2D eigenvalue weighted by molar-refractivity contribution is 0.487. The molecule has 8 aromatic rings. The Bertz CT molecular complexity index is 2360. The van der Waals surface area contributed by atoms with Crippen molar-refractivity contribution in [3.05, 3.63) is 158 Å². The molecule has 0 unspecified atom stereocenters. The fraction of sp³-hybridized carbons (Fsp3) is 0. The van der Waals surface area contributed by atoms with Crippen LogP contribution in [0.3, 0.4) is 0 Å². The van der Waals surface area contributed by atoms with Crippen LogP contribution >= 0.6 is 0 Å². The molecule has 1 heterocycles. The molecule has 0 atom stereocenters. The first-order valence-electron chi connectivity index (χ1n) is 14.8. The minimum absolute atomic E-state index is 0.904. The minimum Gasteiger partial charge on any atom is -0.456 e. The van der Waals surface area contributed by atoms with Gasteiger partial charge < -0.3 is 4.74 Å². The number of fused-ring (bicyclic) bond motifs is 4. The van der Waals surface area contributed by atoms with Crippen molar-refractivity contribution in [3.8, 4) is 56.0 Å². The fourth-order valence-electron chi connectivity index (χ4n) is 6.75. The molecule has 0 fully saturated rings. The highest BCUT2D eigenvalue weighted by Gasteiger charge is 2.22. The van der Waals surface area contributed by atoms with E-state index in [-0.39, 0.29) is 0 Å². The van der Waals surface area contributed by atoms with Crippen molar-refractivity contribution < 1.29 is 4.74 Å². The second kappa shape index (κ2) is 9.44. The Balaban J connectivity index is 1.14. The highest BCUT2D eigenvalue weighted by atomic mass is 16.5. The number of ether oxygens (including phenoxy) is 1. The average Bonchev–Trinajstić information content (AvgIpc) is 3.08. The average molecular weight is 547 g/mol. The van der Waals surface area contributed by atoms with Crippen LogP contribution in [-0.4, -0.2) is 0 Å². The Morgan fingerprint density at radius 2 is 0.930 bits per heavy atom. The van der Waals surface area contributed by atoms with E-state index >= 15 is 0 Å². The predicted octanol–water partition coefficient (Wildman–Crippen LogP) is 11.9. The molecule has 1 aliphatic heterocycles. The summed E-state index contributed by atoms with van der Waals surface area (Å²) in [5.41, 5.74) is 9.63. The van der Waals surface area contributed by atoms with Crippen LogP contribution in [0.15, 0.2) is 158 Å². The Hall–Kier alpha value is -5.66. The highest BCUT2D eigenvalue weighted by Crippen LogP contribution is 2.49. The summed E-state index contributed by atoms with van der Waals surface area (Å²) in [7, 11) is 0. The summed E-state index contributed by atoms with van der Waals surface area (Å²) in [6, 6.07) is 56.8. The maximum absolute atomic E-state index is 6.56. The van der Waals surface area contributed by atoms with E-state index in [0.717, 1.165) is 22.6 Å². The lowest BCUT2D eigenvalue weighted by Gasteiger charge is -2.23. The largest absolute Gasteiger partial charge is 0.456 e. The standard InChI is InChI=1S/C42H26O/c1-2-8-27(9-3-1)31-20-21-37-39-23-22-36(38-14-7-15-40(42(38)39)43-41(37)26-31)33-19-17-29-24-32(18-16-30(29)25-33)35-13-6-11-28-10-4-5-12-34(28)35/h1-26H. The molecule has 0 saturated carbocycles. The molecular weight excluding hydrogens is 520 g/mol. The van der Waals surface area contributed by atoms with Crippen LogP contribution in [0, 0.1) is 0 Å². The molecule has 9 rings (SSSR count). The summed E-state index contributed by atoms with van der Waals surface area (Å²) < 4.78 is 6.56. The van der Waals surface area contributed by atoms with Gasteiger partial charge in [-0.3, -0.25) is 0 Å². The van der Waals surface area contributed by atoms with Crippen LogP contribution in [-0.2, 0) is 0 Å². The molecule has 0 N–H and O–H groups in total. The first kappa shape index (κ1) is 24.0. The van der Waals surface area contributed by atoms with E-state index in [0.29, 0.717) is 0 Å². The number of rotatable bonds is 3. The fourth-order valence-corrected chi connectivity index (χ4v) is 6.75. The minimum atomic E-state index is 0.904. The number of hydrogen-bond donors (Lipinski definition) is 0. The van der Waals surface area contributed by atoms with Crippen molar-refractivity contribution in [1.82, 2.24) is 0 Å². The van der Waals surface area contributed by atoms with Gasteiger partial charge in [0.25, 0.3) is 0 Å². The van der Waals surface area contributed by atoms with E-state index < -0.39 is 0 Å². The molecule has 0 spiro atoms. The Morgan fingerprint density at radius 1 is 0.302 bits per heavy atom. The van der Waals surface area contributed by atoms with E-state index in [4.69, 9.17) is 4.74 Å². The monoisotopic (exact) mass is 546 g/mol. The molecule has 0 bridgehead atoms. The van der Waals surface area contributed by atoms with Gasteiger partial charge in [0.05, 0.1) is 0 Å². The van der Waals surface area contributed by atoms with Gasteiger partial charge in [-0.1, -0.05) is 127 Å². The van der Waals surface area contributed by atoms with Gasteiger partial charge in [-0.25, -0.2) is 0 Å². The molecule has 0 amide bonds. The molecule has 1 nitrogen and oxygen atoms in total. The van der Waals surface area contributed by atoms with Gasteiger partial charge in [-0.05, 0) is 96.2 Å². The molecule has 0 aromatic heterocycles. The van der Waals surface area contributed by atoms with Crippen molar-refractivity contribution in [1.29, 1.82) is 0 Å². The second-order valence-electron chi connectivity index (χ2n) is 11.3. The summed E-state index contributed by atoms with van der Waals surface area (Å²) >= 11 is 0. The van der Waals surface area contributed by atoms with E-state index in [9.17, 15) is 0 Å². The van der Waals surface area contributed by atoms with Crippen molar-refractivity contribution in [3.63, 3.8) is 0 Å². The Kier molecular flexibility index (Phi) is 5.27. The third-order valence-corrected chi connectivity index (χ3v) is 8.85. The number of benzene rings is 8. The summed E-state index contributed by atoms with van der Waals surface area (Å²) in [4.78, 5) is 0. The molecular formula is C42H26O. The van der Waals surface area contributed by atoms with E-state index in [1.165, 1.54) is 65.7 Å². The zero-order valence-corrected chi connectivity index (χ0v) is 23.4. The van der Waals surface area contributed by atoms with Gasteiger partial charge in [0, 0.05) is 10.9 Å². The molecule has 200 valence electrons. The van der Waals surface area contributed by atoms with E-state index in [1.807, 2.05) is 6.07 Å². The van der Waals surface area contributed by atoms with Gasteiger partial charge in [0.15, 0.2) is 0 Å². The quantitative estimate of drug-likeness (QED) is 0.214. The maximum atomic E-state index is 6.56. The van der Waals surface area contributed by atoms with E-state index in [1.54, 1.807) is 0 Å². The van der Waals surface area contributed by atoms with Crippen molar-refractivity contribution in [2.75, 3.05) is 0 Å². The number of hydrogen-bond acceptors (Lipinski definition) is 1. The normalized spacial score (nSPS) is 11.9. The Morgan fingerprint density at radius 3 is 1.77 bits per heavy atom. The van der Waals surface area contributed by atoms with Gasteiger partial charge in [-0.2, -0.15) is 0 Å². The molecule has 1 heteroatoms. The van der Waals surface area contributed by atoms with E-state index in [2.05, 4.69) is 152 Å². The predicted molar refractivity (Wildman–Crippen MR) is 181 cm³/mol. The van der Waals surface area contributed by atoms with Gasteiger partial charge in [0.2, 0.25) is 0 Å². The van der Waals surface area contributed by atoms with Crippen LogP contribution < -0.4 is 4.74 Å².